The van der Waals surface area contributed by atoms with Crippen molar-refractivity contribution < 1.29 is 26.3 Å². The standard InChI is InChI=1S/C18H23NO6S2/c1-13(14-6-8-15(9-7-14)26(5,20)21)19(2)27(22,23)16-10-11-17(24-3)18(12-16)25-4/h6-13H,1-5H3/t13-/m0/s1. The summed E-state index contributed by atoms with van der Waals surface area (Å²) in [5, 5.41) is 0. The Hall–Kier alpha value is -2.10. The molecule has 148 valence electrons. The Morgan fingerprint density at radius 2 is 1.37 bits per heavy atom. The highest BCUT2D eigenvalue weighted by molar-refractivity contribution is 7.90. The molecule has 0 radical (unpaired) electrons. The normalized spacial score (nSPS) is 13.4. The van der Waals surface area contributed by atoms with E-state index >= 15 is 0 Å². The number of rotatable bonds is 7. The number of methoxy groups -OCH3 is 2. The predicted octanol–water partition coefficient (Wildman–Crippen LogP) is 2.49. The van der Waals surface area contributed by atoms with Gasteiger partial charge in [-0.15, -0.1) is 0 Å². The van der Waals surface area contributed by atoms with Gasteiger partial charge in [0.05, 0.1) is 24.0 Å². The van der Waals surface area contributed by atoms with Gasteiger partial charge in [0, 0.05) is 25.4 Å². The van der Waals surface area contributed by atoms with E-state index in [4.69, 9.17) is 9.47 Å². The van der Waals surface area contributed by atoms with Crippen LogP contribution in [0.25, 0.3) is 0 Å². The third-order valence-corrected chi connectivity index (χ3v) is 7.42. The van der Waals surface area contributed by atoms with E-state index in [1.54, 1.807) is 19.1 Å². The van der Waals surface area contributed by atoms with E-state index in [2.05, 4.69) is 0 Å². The average Bonchev–Trinajstić information content (AvgIpc) is 2.65. The molecular formula is C18H23NO6S2. The predicted molar refractivity (Wildman–Crippen MR) is 102 cm³/mol. The largest absolute Gasteiger partial charge is 0.493 e. The molecule has 27 heavy (non-hydrogen) atoms. The third kappa shape index (κ3) is 4.42. The molecule has 0 aromatic heterocycles. The van der Waals surface area contributed by atoms with Crippen LogP contribution in [0.15, 0.2) is 52.3 Å². The van der Waals surface area contributed by atoms with Gasteiger partial charge in [0.2, 0.25) is 10.0 Å². The van der Waals surface area contributed by atoms with Gasteiger partial charge in [0.25, 0.3) is 0 Å². The molecule has 0 saturated carbocycles. The summed E-state index contributed by atoms with van der Waals surface area (Å²) in [6.45, 7) is 1.73. The first kappa shape index (κ1) is 21.2. The van der Waals surface area contributed by atoms with Crippen LogP contribution in [-0.2, 0) is 19.9 Å². The summed E-state index contributed by atoms with van der Waals surface area (Å²) in [5.74, 6) is 0.751. The van der Waals surface area contributed by atoms with Gasteiger partial charge in [-0.25, -0.2) is 16.8 Å². The molecule has 0 bridgehead atoms. The van der Waals surface area contributed by atoms with Gasteiger partial charge in [-0.2, -0.15) is 4.31 Å². The molecule has 0 saturated heterocycles. The van der Waals surface area contributed by atoms with Gasteiger partial charge in [0.15, 0.2) is 21.3 Å². The lowest BCUT2D eigenvalue weighted by Gasteiger charge is -2.25. The van der Waals surface area contributed by atoms with Crippen molar-refractivity contribution in [1.82, 2.24) is 4.31 Å². The summed E-state index contributed by atoms with van der Waals surface area (Å²) in [6, 6.07) is 10.1. The number of nitrogens with zero attached hydrogens (tertiary/aromatic N) is 1. The Bertz CT molecular complexity index is 1010. The van der Waals surface area contributed by atoms with Crippen molar-refractivity contribution >= 4 is 19.9 Å². The maximum Gasteiger partial charge on any atom is 0.243 e. The number of benzene rings is 2. The van der Waals surface area contributed by atoms with Crippen LogP contribution in [0.2, 0.25) is 0 Å². The maximum atomic E-state index is 13.0. The van der Waals surface area contributed by atoms with Gasteiger partial charge in [-0.3, -0.25) is 0 Å². The van der Waals surface area contributed by atoms with Crippen molar-refractivity contribution in [2.45, 2.75) is 22.8 Å². The molecule has 0 unspecified atom stereocenters. The molecule has 1 atom stereocenters. The van der Waals surface area contributed by atoms with E-state index < -0.39 is 25.9 Å². The van der Waals surface area contributed by atoms with Crippen molar-refractivity contribution in [2.75, 3.05) is 27.5 Å². The molecule has 2 rings (SSSR count). The highest BCUT2D eigenvalue weighted by Crippen LogP contribution is 2.32. The molecule has 2 aromatic rings. The quantitative estimate of drug-likeness (QED) is 0.693. The Morgan fingerprint density at radius 3 is 1.85 bits per heavy atom. The van der Waals surface area contributed by atoms with E-state index in [1.807, 2.05) is 0 Å². The van der Waals surface area contributed by atoms with Crippen LogP contribution in [0, 0.1) is 0 Å². The minimum Gasteiger partial charge on any atom is -0.493 e. The molecule has 0 amide bonds. The van der Waals surface area contributed by atoms with E-state index in [-0.39, 0.29) is 9.79 Å². The van der Waals surface area contributed by atoms with E-state index in [0.717, 1.165) is 6.26 Å². The Kier molecular flexibility index (Phi) is 6.18. The van der Waals surface area contributed by atoms with Crippen molar-refractivity contribution in [3.05, 3.63) is 48.0 Å². The first-order valence-electron chi connectivity index (χ1n) is 8.02. The molecule has 0 aliphatic rings. The monoisotopic (exact) mass is 413 g/mol. The smallest absolute Gasteiger partial charge is 0.243 e. The topological polar surface area (TPSA) is 90.0 Å². The summed E-state index contributed by atoms with van der Waals surface area (Å²) < 4.78 is 60.6. The van der Waals surface area contributed by atoms with Crippen molar-refractivity contribution in [2.24, 2.45) is 0 Å². The summed E-state index contributed by atoms with van der Waals surface area (Å²) in [4.78, 5) is 0.256. The van der Waals surface area contributed by atoms with Crippen molar-refractivity contribution in [3.63, 3.8) is 0 Å². The van der Waals surface area contributed by atoms with Crippen LogP contribution in [0.1, 0.15) is 18.5 Å². The number of ether oxygens (including phenoxy) is 2. The second-order valence-corrected chi connectivity index (χ2v) is 10.1. The highest BCUT2D eigenvalue weighted by atomic mass is 32.2. The van der Waals surface area contributed by atoms with Crippen LogP contribution in [-0.4, -0.2) is 48.7 Å². The molecule has 0 spiro atoms. The lowest BCUT2D eigenvalue weighted by atomic mass is 10.1. The van der Waals surface area contributed by atoms with E-state index in [0.29, 0.717) is 17.1 Å². The fourth-order valence-electron chi connectivity index (χ4n) is 2.55. The highest BCUT2D eigenvalue weighted by Gasteiger charge is 2.27. The van der Waals surface area contributed by atoms with Crippen LogP contribution in [0.5, 0.6) is 11.5 Å². The van der Waals surface area contributed by atoms with Crippen molar-refractivity contribution in [3.8, 4) is 11.5 Å². The Labute approximate surface area is 160 Å². The number of sulfonamides is 1. The zero-order valence-electron chi connectivity index (χ0n) is 15.8. The Morgan fingerprint density at radius 1 is 0.852 bits per heavy atom. The molecule has 0 fully saturated rings. The van der Waals surface area contributed by atoms with Crippen LogP contribution in [0.4, 0.5) is 0 Å². The first-order valence-corrected chi connectivity index (χ1v) is 11.4. The van der Waals surface area contributed by atoms with Crippen LogP contribution in [0.3, 0.4) is 0 Å². The summed E-state index contributed by atoms with van der Waals surface area (Å²) in [7, 11) is -2.73. The van der Waals surface area contributed by atoms with Gasteiger partial charge >= 0.3 is 0 Å². The average molecular weight is 414 g/mol. The second kappa shape index (κ2) is 7.87. The van der Waals surface area contributed by atoms with Gasteiger partial charge in [-0.1, -0.05) is 12.1 Å². The SMILES string of the molecule is COc1ccc(S(=O)(=O)N(C)[C@@H](C)c2ccc(S(C)(=O)=O)cc2)cc1OC. The molecular weight excluding hydrogens is 390 g/mol. The zero-order chi connectivity index (χ0) is 20.4. The van der Waals surface area contributed by atoms with Gasteiger partial charge in [-0.05, 0) is 36.8 Å². The zero-order valence-corrected chi connectivity index (χ0v) is 17.5. The fraction of sp³-hybridized carbons (Fsp3) is 0.333. The number of hydrogen-bond donors (Lipinski definition) is 0. The second-order valence-electron chi connectivity index (χ2n) is 6.06. The van der Waals surface area contributed by atoms with Gasteiger partial charge < -0.3 is 9.47 Å². The number of hydrogen-bond acceptors (Lipinski definition) is 6. The summed E-state index contributed by atoms with van der Waals surface area (Å²) in [6.07, 6.45) is 1.12. The van der Waals surface area contributed by atoms with Crippen LogP contribution < -0.4 is 9.47 Å². The number of sulfone groups is 1. The van der Waals surface area contributed by atoms with E-state index in [1.165, 1.54) is 55.9 Å². The molecule has 0 aliphatic heterocycles. The van der Waals surface area contributed by atoms with E-state index in [9.17, 15) is 16.8 Å². The third-order valence-electron chi connectivity index (χ3n) is 4.37. The fourth-order valence-corrected chi connectivity index (χ4v) is 4.55. The van der Waals surface area contributed by atoms with Crippen molar-refractivity contribution in [1.29, 1.82) is 0 Å². The molecule has 7 nitrogen and oxygen atoms in total. The molecule has 0 N–H and O–H groups in total. The molecule has 9 heteroatoms. The van der Waals surface area contributed by atoms with Crippen LogP contribution >= 0.6 is 0 Å². The molecule has 0 aliphatic carbocycles. The summed E-state index contributed by atoms with van der Waals surface area (Å²) in [5.41, 5.74) is 0.675. The summed E-state index contributed by atoms with van der Waals surface area (Å²) >= 11 is 0. The Balaban J connectivity index is 2.36. The molecule has 0 heterocycles. The molecule has 2 aromatic carbocycles. The maximum absolute atomic E-state index is 13.0. The minimum absolute atomic E-state index is 0.0715. The minimum atomic E-state index is -3.80. The lowest BCUT2D eigenvalue weighted by Crippen LogP contribution is -2.29. The van der Waals surface area contributed by atoms with Gasteiger partial charge in [0.1, 0.15) is 0 Å². The lowest BCUT2D eigenvalue weighted by molar-refractivity contribution is 0.353. The first-order chi connectivity index (χ1) is 12.5.